The van der Waals surface area contributed by atoms with Crippen LogP contribution >= 0.6 is 0 Å². The van der Waals surface area contributed by atoms with Crippen molar-refractivity contribution in [1.29, 1.82) is 0 Å². The molecule has 4 aromatic heterocycles. The van der Waals surface area contributed by atoms with Gasteiger partial charge in [-0.15, -0.1) is 24.3 Å². The number of hydrogen-bond donors (Lipinski definition) is 0. The number of benzene rings is 2. The Hall–Kier alpha value is -4.95. The third-order valence-corrected chi connectivity index (χ3v) is 5.88. The maximum absolute atomic E-state index is 13.1. The first-order valence-corrected chi connectivity index (χ1v) is 14.0. The molecule has 0 unspecified atom stereocenters. The van der Waals surface area contributed by atoms with Crippen molar-refractivity contribution in [2.24, 2.45) is 14.1 Å². The van der Waals surface area contributed by atoms with Crippen LogP contribution in [0.4, 0.5) is 22.0 Å². The fourth-order valence-corrected chi connectivity index (χ4v) is 3.90. The topological polar surface area (TPSA) is 107 Å². The van der Waals surface area contributed by atoms with Gasteiger partial charge in [0.15, 0.2) is 0 Å². The number of pyridine rings is 1. The molecule has 0 radical (unpaired) electrons. The van der Waals surface area contributed by atoms with Crippen LogP contribution in [0, 0.1) is 23.8 Å². The summed E-state index contributed by atoms with van der Waals surface area (Å²) in [5.74, 6) is -1.14. The summed E-state index contributed by atoms with van der Waals surface area (Å²) in [6, 6.07) is 19.4. The summed E-state index contributed by atoms with van der Waals surface area (Å²) in [4.78, 5) is 7.05. The van der Waals surface area contributed by atoms with Crippen molar-refractivity contribution in [2.45, 2.75) is 20.0 Å². The van der Waals surface area contributed by atoms with E-state index in [9.17, 15) is 22.0 Å². The molecule has 0 saturated heterocycles. The molecule has 0 atom stereocenters. The van der Waals surface area contributed by atoms with Gasteiger partial charge in [-0.2, -0.15) is 13.2 Å². The fraction of sp³-hybridized carbons (Fsp3) is 0.219. The van der Waals surface area contributed by atoms with Gasteiger partial charge in [0.25, 0.3) is 0 Å². The van der Waals surface area contributed by atoms with Crippen LogP contribution in [-0.2, 0) is 40.4 Å². The predicted molar refractivity (Wildman–Crippen MR) is 161 cm³/mol. The van der Waals surface area contributed by atoms with Gasteiger partial charge in [-0.05, 0) is 31.8 Å². The summed E-state index contributed by atoms with van der Waals surface area (Å²) >= 11 is 0. The Morgan fingerprint density at radius 3 is 1.69 bits per heavy atom. The summed E-state index contributed by atoms with van der Waals surface area (Å²) in [7, 11) is 3.65. The van der Waals surface area contributed by atoms with Crippen molar-refractivity contribution >= 4 is 0 Å². The summed E-state index contributed by atoms with van der Waals surface area (Å²) < 4.78 is 76.6. The van der Waals surface area contributed by atoms with E-state index in [1.165, 1.54) is 36.5 Å². The molecule has 0 aliphatic rings. The third kappa shape index (κ3) is 10.3. The van der Waals surface area contributed by atoms with Crippen LogP contribution in [0.15, 0.2) is 73.2 Å². The van der Waals surface area contributed by atoms with Crippen molar-refractivity contribution in [3.63, 3.8) is 0 Å². The van der Waals surface area contributed by atoms with Crippen LogP contribution in [0.3, 0.4) is 0 Å². The molecule has 48 heavy (non-hydrogen) atoms. The Kier molecular flexibility index (Phi) is 13.5. The molecular weight excluding hydrogens is 816 g/mol. The molecule has 0 aliphatic carbocycles. The van der Waals surface area contributed by atoms with Crippen LogP contribution in [-0.4, -0.2) is 47.8 Å². The molecule has 6 rings (SSSR count). The first kappa shape index (κ1) is 37.5. The summed E-state index contributed by atoms with van der Waals surface area (Å²) in [5, 5.41) is 14.7. The Labute approximate surface area is 286 Å². The van der Waals surface area contributed by atoms with E-state index in [1.54, 1.807) is 21.5 Å². The van der Waals surface area contributed by atoms with E-state index in [2.05, 4.69) is 42.5 Å². The largest absolute Gasteiger partial charge is 3.00 e. The average molecular weight is 844 g/mol. The van der Waals surface area contributed by atoms with E-state index in [0.29, 0.717) is 35.8 Å². The maximum Gasteiger partial charge on any atom is 3.00 e. The molecular formula is C32H28F5IrN8O2. The van der Waals surface area contributed by atoms with E-state index in [4.69, 9.17) is 9.47 Å². The minimum absolute atomic E-state index is 0. The fourth-order valence-electron chi connectivity index (χ4n) is 3.90. The van der Waals surface area contributed by atoms with Gasteiger partial charge < -0.3 is 19.6 Å². The molecule has 0 saturated carbocycles. The molecule has 2 aromatic carbocycles. The standard InChI is InChI=1S/2C12H12FN2O.C8H4F3N4.Ir/c2*1-3-16-12-8-9(13)4-5-10(12)11-6-7-15(2)14-11;9-8(10,11)7-13-6(14-15-7)5-3-1-2-4-12-5;/h2*4,6-8H,3H2,1-2H3;1-4H;/q3*-1;+3. The Bertz CT molecular complexity index is 1780. The first-order chi connectivity index (χ1) is 22.5. The van der Waals surface area contributed by atoms with Gasteiger partial charge in [0.1, 0.15) is 5.82 Å². The van der Waals surface area contributed by atoms with Gasteiger partial charge >= 0.3 is 26.3 Å². The van der Waals surface area contributed by atoms with Crippen molar-refractivity contribution in [2.75, 3.05) is 13.2 Å². The van der Waals surface area contributed by atoms with Gasteiger partial charge in [-0.1, -0.05) is 41.5 Å². The smallest absolute Gasteiger partial charge is 0.537 e. The molecule has 252 valence electrons. The minimum atomic E-state index is -4.57. The number of ether oxygens (including phenoxy) is 2. The van der Waals surface area contributed by atoms with Gasteiger partial charge in [0.2, 0.25) is 0 Å². The van der Waals surface area contributed by atoms with E-state index in [0.717, 1.165) is 11.4 Å². The molecule has 16 heteroatoms. The molecule has 0 aliphatic heterocycles. The van der Waals surface area contributed by atoms with Crippen molar-refractivity contribution in [3.8, 4) is 45.5 Å². The number of hydrogen-bond acceptors (Lipinski definition) is 7. The van der Waals surface area contributed by atoms with Gasteiger partial charge in [-0.25, -0.2) is 10.2 Å². The Balaban J connectivity index is 0.000000193. The normalized spacial score (nSPS) is 10.6. The van der Waals surface area contributed by atoms with Crippen LogP contribution in [0.25, 0.3) is 34.0 Å². The van der Waals surface area contributed by atoms with Crippen molar-refractivity contribution in [1.82, 2.24) is 39.7 Å². The van der Waals surface area contributed by atoms with Gasteiger partial charge in [0.05, 0.1) is 18.9 Å². The number of aryl methyl sites for hydroxylation is 2. The third-order valence-electron chi connectivity index (χ3n) is 5.88. The quantitative estimate of drug-likeness (QED) is 0.135. The van der Waals surface area contributed by atoms with Crippen molar-refractivity contribution < 1.29 is 51.5 Å². The molecule has 6 aromatic rings. The van der Waals surface area contributed by atoms with E-state index in [1.807, 2.05) is 52.5 Å². The zero-order valence-electron chi connectivity index (χ0n) is 26.0. The summed E-state index contributed by atoms with van der Waals surface area (Å²) in [6.07, 6.45) is 0.517. The molecule has 0 bridgehead atoms. The molecule has 0 amide bonds. The number of nitrogens with zero attached hydrogens (tertiary/aromatic N) is 8. The number of rotatable bonds is 7. The van der Waals surface area contributed by atoms with Crippen LogP contribution < -0.4 is 14.6 Å². The van der Waals surface area contributed by atoms with E-state index in [-0.39, 0.29) is 43.3 Å². The van der Waals surface area contributed by atoms with E-state index >= 15 is 0 Å². The van der Waals surface area contributed by atoms with E-state index < -0.39 is 12.0 Å². The molecule has 4 heterocycles. The first-order valence-electron chi connectivity index (χ1n) is 14.0. The predicted octanol–water partition coefficient (Wildman–Crippen LogP) is 6.36. The Morgan fingerprint density at radius 2 is 1.31 bits per heavy atom. The summed E-state index contributed by atoms with van der Waals surface area (Å²) in [6.45, 7) is 4.68. The number of aromatic nitrogens is 8. The van der Waals surface area contributed by atoms with Crippen LogP contribution in [0.1, 0.15) is 19.7 Å². The Morgan fingerprint density at radius 1 is 0.792 bits per heavy atom. The zero-order valence-corrected chi connectivity index (χ0v) is 28.4. The van der Waals surface area contributed by atoms with Crippen molar-refractivity contribution in [3.05, 3.63) is 103 Å². The minimum Gasteiger partial charge on any atom is -0.537 e. The maximum atomic E-state index is 13.1. The SMILES string of the molecule is CCOc1cc(F)c[c-]c1-c1ccn(C)n1.CCOc1cc(F)c[c-]c1-c1ccn(C)n1.FC(F)(F)c1n[n-]c(-c2ccccn2)n1.[Ir+3]. The number of halogens is 5. The molecule has 0 spiro atoms. The monoisotopic (exact) mass is 844 g/mol. The zero-order chi connectivity index (χ0) is 34.0. The van der Waals surface area contributed by atoms with Gasteiger partial charge in [-0.3, -0.25) is 28.2 Å². The van der Waals surface area contributed by atoms with Crippen LogP contribution in [0.5, 0.6) is 11.5 Å². The van der Waals surface area contributed by atoms with Crippen LogP contribution in [0.2, 0.25) is 0 Å². The second-order valence-electron chi connectivity index (χ2n) is 9.40. The molecule has 10 nitrogen and oxygen atoms in total. The molecule has 0 fully saturated rings. The van der Waals surface area contributed by atoms with Gasteiger partial charge in [0, 0.05) is 67.2 Å². The average Bonchev–Trinajstić information content (AvgIpc) is 3.81. The molecule has 0 N–H and O–H groups in total. The second-order valence-corrected chi connectivity index (χ2v) is 9.40. The number of alkyl halides is 3. The summed E-state index contributed by atoms with van der Waals surface area (Å²) in [5.41, 5.74) is 3.09. The second kappa shape index (κ2) is 17.3.